The van der Waals surface area contributed by atoms with Crippen molar-refractivity contribution >= 4 is 12.4 Å². The Morgan fingerprint density at radius 1 is 1.04 bits per heavy atom. The summed E-state index contributed by atoms with van der Waals surface area (Å²) in [5, 5.41) is 0. The fraction of sp³-hybridized carbons (Fsp3) is 0.778. The SMILES string of the molecule is COC1CCC(/C=C/N=C(OC=O)C2CCCCC2)C(OC)C1. The Morgan fingerprint density at radius 2 is 1.83 bits per heavy atom. The van der Waals surface area contributed by atoms with Gasteiger partial charge in [-0.15, -0.1) is 0 Å². The molecule has 0 aromatic rings. The zero-order valence-corrected chi connectivity index (χ0v) is 14.3. The Hall–Kier alpha value is -1.20. The summed E-state index contributed by atoms with van der Waals surface area (Å²) in [6, 6.07) is 0. The highest BCUT2D eigenvalue weighted by molar-refractivity contribution is 5.84. The average Bonchev–Trinajstić information content (AvgIpc) is 2.61. The van der Waals surface area contributed by atoms with Crippen LogP contribution in [0, 0.1) is 11.8 Å². The van der Waals surface area contributed by atoms with Crippen LogP contribution >= 0.6 is 0 Å². The number of aliphatic imine (C=N–C) groups is 1. The number of carbonyl (C=O) groups excluding carboxylic acids is 1. The van der Waals surface area contributed by atoms with E-state index < -0.39 is 0 Å². The fourth-order valence-corrected chi connectivity index (χ4v) is 3.68. The van der Waals surface area contributed by atoms with Crippen molar-refractivity contribution in [3.63, 3.8) is 0 Å². The van der Waals surface area contributed by atoms with Gasteiger partial charge >= 0.3 is 0 Å². The van der Waals surface area contributed by atoms with Crippen LogP contribution in [0.1, 0.15) is 51.4 Å². The number of carbonyl (C=O) groups is 1. The van der Waals surface area contributed by atoms with Gasteiger partial charge in [-0.25, -0.2) is 4.99 Å². The lowest BCUT2D eigenvalue weighted by atomic mass is 9.84. The van der Waals surface area contributed by atoms with Crippen LogP contribution in [0.2, 0.25) is 0 Å². The molecule has 0 saturated heterocycles. The molecule has 0 radical (unpaired) electrons. The highest BCUT2D eigenvalue weighted by Crippen LogP contribution is 2.29. The van der Waals surface area contributed by atoms with Crippen molar-refractivity contribution in [1.29, 1.82) is 0 Å². The van der Waals surface area contributed by atoms with Crippen molar-refractivity contribution in [3.8, 4) is 0 Å². The zero-order chi connectivity index (χ0) is 16.5. The van der Waals surface area contributed by atoms with E-state index in [0.717, 1.165) is 32.1 Å². The van der Waals surface area contributed by atoms with E-state index in [0.29, 0.717) is 18.3 Å². The molecule has 130 valence electrons. The van der Waals surface area contributed by atoms with Crippen LogP contribution in [0.3, 0.4) is 0 Å². The van der Waals surface area contributed by atoms with Gasteiger partial charge in [-0.1, -0.05) is 25.3 Å². The highest BCUT2D eigenvalue weighted by atomic mass is 16.5. The summed E-state index contributed by atoms with van der Waals surface area (Å²) in [4.78, 5) is 15.2. The molecule has 0 amide bonds. The first-order valence-electron chi connectivity index (χ1n) is 8.68. The molecule has 5 heteroatoms. The van der Waals surface area contributed by atoms with Crippen molar-refractivity contribution in [2.75, 3.05) is 14.2 Å². The van der Waals surface area contributed by atoms with Gasteiger partial charge in [0.25, 0.3) is 6.47 Å². The molecule has 2 saturated carbocycles. The summed E-state index contributed by atoms with van der Waals surface area (Å²) in [5.41, 5.74) is 0. The maximum absolute atomic E-state index is 10.7. The topological polar surface area (TPSA) is 57.1 Å². The number of hydrogen-bond acceptors (Lipinski definition) is 5. The number of hydrogen-bond donors (Lipinski definition) is 0. The van der Waals surface area contributed by atoms with Crippen molar-refractivity contribution < 1.29 is 19.0 Å². The molecule has 0 aromatic heterocycles. The Labute approximate surface area is 139 Å². The Kier molecular flexibility index (Phi) is 7.76. The Bertz CT molecular complexity index is 415. The molecule has 0 aromatic carbocycles. The second-order valence-corrected chi connectivity index (χ2v) is 6.47. The minimum atomic E-state index is 0.158. The average molecular weight is 323 g/mol. The second kappa shape index (κ2) is 9.83. The van der Waals surface area contributed by atoms with Crippen molar-refractivity contribution in [2.24, 2.45) is 16.8 Å². The summed E-state index contributed by atoms with van der Waals surface area (Å²) in [6.07, 6.45) is 13.0. The van der Waals surface area contributed by atoms with Crippen LogP contribution in [0.4, 0.5) is 0 Å². The molecule has 3 unspecified atom stereocenters. The number of rotatable bonds is 6. The third kappa shape index (κ3) is 5.43. The number of methoxy groups -OCH3 is 2. The van der Waals surface area contributed by atoms with Crippen LogP contribution in [-0.4, -0.2) is 38.8 Å². The quantitative estimate of drug-likeness (QED) is 0.426. The van der Waals surface area contributed by atoms with E-state index in [9.17, 15) is 4.79 Å². The van der Waals surface area contributed by atoms with Gasteiger partial charge in [0.2, 0.25) is 5.90 Å². The molecule has 0 heterocycles. The van der Waals surface area contributed by atoms with E-state index in [1.54, 1.807) is 20.4 Å². The molecule has 0 aliphatic heterocycles. The molecule has 2 fully saturated rings. The summed E-state index contributed by atoms with van der Waals surface area (Å²) in [7, 11) is 3.50. The zero-order valence-electron chi connectivity index (χ0n) is 14.3. The van der Waals surface area contributed by atoms with Crippen molar-refractivity contribution in [3.05, 3.63) is 12.3 Å². The van der Waals surface area contributed by atoms with E-state index in [2.05, 4.69) is 11.1 Å². The van der Waals surface area contributed by atoms with E-state index >= 15 is 0 Å². The lowest BCUT2D eigenvalue weighted by Crippen LogP contribution is -2.33. The van der Waals surface area contributed by atoms with E-state index in [4.69, 9.17) is 14.2 Å². The first-order chi connectivity index (χ1) is 11.3. The van der Waals surface area contributed by atoms with Crippen molar-refractivity contribution in [2.45, 2.75) is 63.6 Å². The van der Waals surface area contributed by atoms with E-state index in [-0.39, 0.29) is 18.1 Å². The monoisotopic (exact) mass is 323 g/mol. The summed E-state index contributed by atoms with van der Waals surface area (Å²) >= 11 is 0. The second-order valence-electron chi connectivity index (χ2n) is 6.47. The highest BCUT2D eigenvalue weighted by Gasteiger charge is 2.29. The normalized spacial score (nSPS) is 30.5. The Morgan fingerprint density at radius 3 is 2.48 bits per heavy atom. The third-order valence-corrected chi connectivity index (χ3v) is 5.09. The Balaban J connectivity index is 1.96. The number of ether oxygens (including phenoxy) is 3. The molecule has 2 rings (SSSR count). The van der Waals surface area contributed by atoms with Gasteiger partial charge in [-0.05, 0) is 25.7 Å². The molecular formula is C18H29NO4. The van der Waals surface area contributed by atoms with Gasteiger partial charge in [0, 0.05) is 38.7 Å². The molecule has 0 N–H and O–H groups in total. The smallest absolute Gasteiger partial charge is 0.299 e. The maximum Gasteiger partial charge on any atom is 0.299 e. The minimum absolute atomic E-state index is 0.158. The predicted octanol–water partition coefficient (Wildman–Crippen LogP) is 3.48. The van der Waals surface area contributed by atoms with Gasteiger partial charge in [0.05, 0.1) is 12.2 Å². The van der Waals surface area contributed by atoms with Gasteiger partial charge in [-0.3, -0.25) is 4.79 Å². The summed E-state index contributed by atoms with van der Waals surface area (Å²) in [6.45, 7) is 0.489. The van der Waals surface area contributed by atoms with Crippen LogP contribution < -0.4 is 0 Å². The van der Waals surface area contributed by atoms with Crippen LogP contribution in [-0.2, 0) is 19.0 Å². The third-order valence-electron chi connectivity index (χ3n) is 5.09. The van der Waals surface area contributed by atoms with Gasteiger partial charge in [-0.2, -0.15) is 0 Å². The maximum atomic E-state index is 10.7. The molecule has 2 aliphatic rings. The molecular weight excluding hydrogens is 294 g/mol. The first kappa shape index (κ1) is 18.1. The molecule has 0 bridgehead atoms. The van der Waals surface area contributed by atoms with Gasteiger partial charge in [0.15, 0.2) is 0 Å². The molecule has 0 spiro atoms. The van der Waals surface area contributed by atoms with Gasteiger partial charge in [0.1, 0.15) is 0 Å². The molecule has 5 nitrogen and oxygen atoms in total. The van der Waals surface area contributed by atoms with E-state index in [1.165, 1.54) is 19.3 Å². The van der Waals surface area contributed by atoms with E-state index in [1.807, 2.05) is 0 Å². The standard InChI is InChI=1S/C18H29NO4/c1-21-16-9-8-14(17(12-16)22-2)10-11-19-18(23-13-20)15-6-4-3-5-7-15/h10-11,13-17H,3-9,12H2,1-2H3/b11-10+,19-18?. The van der Waals surface area contributed by atoms with Crippen LogP contribution in [0.5, 0.6) is 0 Å². The minimum Gasteiger partial charge on any atom is -0.413 e. The molecule has 3 atom stereocenters. The summed E-state index contributed by atoms with van der Waals surface area (Å²) < 4.78 is 16.2. The molecule has 2 aliphatic carbocycles. The number of nitrogens with zero attached hydrogens (tertiary/aromatic N) is 1. The fourth-order valence-electron chi connectivity index (χ4n) is 3.68. The first-order valence-corrected chi connectivity index (χ1v) is 8.68. The van der Waals surface area contributed by atoms with Crippen LogP contribution in [0.25, 0.3) is 0 Å². The lowest BCUT2D eigenvalue weighted by molar-refractivity contribution is -0.122. The summed E-state index contributed by atoms with van der Waals surface area (Å²) in [5.74, 6) is 1.18. The molecule has 23 heavy (non-hydrogen) atoms. The lowest BCUT2D eigenvalue weighted by Gasteiger charge is -2.32. The van der Waals surface area contributed by atoms with Gasteiger partial charge < -0.3 is 14.2 Å². The van der Waals surface area contributed by atoms with Crippen LogP contribution in [0.15, 0.2) is 17.3 Å². The predicted molar refractivity (Wildman–Crippen MR) is 89.2 cm³/mol. The largest absolute Gasteiger partial charge is 0.413 e. The van der Waals surface area contributed by atoms with Crippen molar-refractivity contribution in [1.82, 2.24) is 0 Å².